The van der Waals surface area contributed by atoms with Crippen molar-refractivity contribution in [3.8, 4) is 17.6 Å². The van der Waals surface area contributed by atoms with Gasteiger partial charge in [-0.3, -0.25) is 14.5 Å². The fourth-order valence-electron chi connectivity index (χ4n) is 3.69. The third-order valence-corrected chi connectivity index (χ3v) is 5.61. The van der Waals surface area contributed by atoms with Crippen LogP contribution < -0.4 is 20.1 Å². The van der Waals surface area contributed by atoms with Crippen LogP contribution in [0, 0.1) is 23.0 Å². The highest BCUT2D eigenvalue weighted by molar-refractivity contribution is 6.29. The SMILES string of the molecule is COc1cc(F)c(C2CC(=O)N(c3nc(Cl)ccc3C#N)C2)c(F)c1.NC(=O)c1ccc(OC(F)F)cc1. The summed E-state index contributed by atoms with van der Waals surface area (Å²) in [4.78, 5) is 28.2. The zero-order valence-electron chi connectivity index (χ0n) is 19.6. The molecule has 1 aliphatic rings. The van der Waals surface area contributed by atoms with E-state index in [1.807, 2.05) is 6.07 Å². The minimum Gasteiger partial charge on any atom is -0.497 e. The summed E-state index contributed by atoms with van der Waals surface area (Å²) in [6, 6.07) is 12.1. The lowest BCUT2D eigenvalue weighted by Crippen LogP contribution is -2.26. The van der Waals surface area contributed by atoms with Gasteiger partial charge in [-0.1, -0.05) is 11.6 Å². The molecule has 1 aliphatic heterocycles. The van der Waals surface area contributed by atoms with Gasteiger partial charge in [0.25, 0.3) is 0 Å². The number of nitrogens with zero attached hydrogens (tertiary/aromatic N) is 3. The zero-order valence-corrected chi connectivity index (χ0v) is 20.4. The van der Waals surface area contributed by atoms with Gasteiger partial charge in [-0.15, -0.1) is 0 Å². The maximum absolute atomic E-state index is 14.3. The first kappa shape index (κ1) is 28.2. The Hall–Kier alpha value is -4.37. The molecule has 2 N–H and O–H groups in total. The Morgan fingerprint density at radius 3 is 2.32 bits per heavy atom. The number of methoxy groups -OCH3 is 1. The zero-order chi connectivity index (χ0) is 28.0. The highest BCUT2D eigenvalue weighted by atomic mass is 35.5. The van der Waals surface area contributed by atoms with Crippen molar-refractivity contribution in [3.05, 3.63) is 82.0 Å². The number of rotatable bonds is 6. The van der Waals surface area contributed by atoms with Gasteiger partial charge in [0.2, 0.25) is 11.8 Å². The largest absolute Gasteiger partial charge is 0.497 e. The number of ether oxygens (including phenoxy) is 2. The first-order valence-electron chi connectivity index (χ1n) is 10.8. The monoisotopic (exact) mass is 550 g/mol. The van der Waals surface area contributed by atoms with Crippen LogP contribution in [0.5, 0.6) is 11.5 Å². The van der Waals surface area contributed by atoms with Crippen molar-refractivity contribution >= 4 is 29.2 Å². The fraction of sp³-hybridized carbons (Fsp3) is 0.200. The Balaban J connectivity index is 0.000000260. The maximum atomic E-state index is 14.3. The third-order valence-electron chi connectivity index (χ3n) is 5.40. The Bertz CT molecular complexity index is 1360. The van der Waals surface area contributed by atoms with Crippen LogP contribution in [0.25, 0.3) is 0 Å². The summed E-state index contributed by atoms with van der Waals surface area (Å²) in [5, 5.41) is 9.30. The predicted molar refractivity (Wildman–Crippen MR) is 128 cm³/mol. The number of carbonyl (C=O) groups is 2. The van der Waals surface area contributed by atoms with Gasteiger partial charge in [0.15, 0.2) is 5.82 Å². The Morgan fingerprint density at radius 1 is 1.16 bits per heavy atom. The number of benzene rings is 2. The van der Waals surface area contributed by atoms with E-state index in [1.54, 1.807) is 0 Å². The third kappa shape index (κ3) is 6.68. The number of carbonyl (C=O) groups excluding carboxylic acids is 2. The number of halogens is 5. The molecule has 1 aromatic heterocycles. The van der Waals surface area contributed by atoms with Gasteiger partial charge in [-0.2, -0.15) is 14.0 Å². The number of hydrogen-bond donors (Lipinski definition) is 1. The molecule has 2 amide bonds. The number of primary amides is 1. The van der Waals surface area contributed by atoms with E-state index in [4.69, 9.17) is 22.1 Å². The Kier molecular flexibility index (Phi) is 9.09. The van der Waals surface area contributed by atoms with E-state index in [2.05, 4.69) is 9.72 Å². The molecule has 2 heterocycles. The predicted octanol–water partition coefficient (Wildman–Crippen LogP) is 4.80. The van der Waals surface area contributed by atoms with Crippen molar-refractivity contribution < 1.29 is 36.6 Å². The van der Waals surface area contributed by atoms with Crippen LogP contribution in [-0.4, -0.2) is 37.1 Å². The Labute approximate surface area is 219 Å². The molecule has 198 valence electrons. The molecule has 1 unspecified atom stereocenters. The normalized spacial score (nSPS) is 14.5. The number of amides is 2. The van der Waals surface area contributed by atoms with E-state index < -0.39 is 30.1 Å². The van der Waals surface area contributed by atoms with E-state index in [9.17, 15) is 32.4 Å². The van der Waals surface area contributed by atoms with E-state index >= 15 is 0 Å². The van der Waals surface area contributed by atoms with Crippen molar-refractivity contribution in [2.45, 2.75) is 19.0 Å². The van der Waals surface area contributed by atoms with Crippen LogP contribution in [0.15, 0.2) is 48.5 Å². The van der Waals surface area contributed by atoms with Gasteiger partial charge < -0.3 is 15.2 Å². The minimum absolute atomic E-state index is 0.000000000000000444. The number of nitriles is 1. The van der Waals surface area contributed by atoms with E-state index in [-0.39, 0.29) is 58.0 Å². The molecular formula is C25H19ClF4N4O4. The smallest absolute Gasteiger partial charge is 0.387 e. The molecule has 13 heteroatoms. The van der Waals surface area contributed by atoms with Crippen LogP contribution in [0.4, 0.5) is 23.4 Å². The lowest BCUT2D eigenvalue weighted by Gasteiger charge is -2.18. The quantitative estimate of drug-likeness (QED) is 0.348. The number of hydrogen-bond acceptors (Lipinski definition) is 6. The average molecular weight is 551 g/mol. The van der Waals surface area contributed by atoms with Gasteiger partial charge in [0, 0.05) is 42.1 Å². The van der Waals surface area contributed by atoms with Crippen molar-refractivity contribution in [1.29, 1.82) is 5.26 Å². The molecule has 8 nitrogen and oxygen atoms in total. The van der Waals surface area contributed by atoms with Crippen molar-refractivity contribution in [2.75, 3.05) is 18.6 Å². The highest BCUT2D eigenvalue weighted by Crippen LogP contribution is 2.36. The second kappa shape index (κ2) is 12.2. The number of alkyl halides is 2. The van der Waals surface area contributed by atoms with Crippen LogP contribution in [0.2, 0.25) is 5.15 Å². The van der Waals surface area contributed by atoms with E-state index in [0.29, 0.717) is 0 Å². The average Bonchev–Trinajstić information content (AvgIpc) is 3.24. The van der Waals surface area contributed by atoms with Crippen LogP contribution in [0.3, 0.4) is 0 Å². The number of aromatic nitrogens is 1. The summed E-state index contributed by atoms with van der Waals surface area (Å²) in [5.41, 5.74) is 5.17. The summed E-state index contributed by atoms with van der Waals surface area (Å²) >= 11 is 5.84. The van der Waals surface area contributed by atoms with Crippen LogP contribution in [0.1, 0.15) is 33.8 Å². The molecule has 0 aliphatic carbocycles. The first-order chi connectivity index (χ1) is 18.0. The molecule has 3 aromatic rings. The second-order valence-electron chi connectivity index (χ2n) is 7.79. The van der Waals surface area contributed by atoms with E-state index in [1.165, 1.54) is 48.4 Å². The molecule has 0 saturated carbocycles. The lowest BCUT2D eigenvalue weighted by atomic mass is 9.97. The first-order valence-corrected chi connectivity index (χ1v) is 11.2. The number of nitrogens with two attached hydrogens (primary N) is 1. The van der Waals surface area contributed by atoms with Crippen LogP contribution in [-0.2, 0) is 4.79 Å². The molecule has 1 fully saturated rings. The molecule has 0 spiro atoms. The highest BCUT2D eigenvalue weighted by Gasteiger charge is 2.36. The van der Waals surface area contributed by atoms with Gasteiger partial charge >= 0.3 is 6.61 Å². The number of anilines is 1. The van der Waals surface area contributed by atoms with E-state index in [0.717, 1.165) is 12.1 Å². The number of pyridine rings is 1. The molecular weight excluding hydrogens is 532 g/mol. The summed E-state index contributed by atoms with van der Waals surface area (Å²) < 4.78 is 60.8. The minimum atomic E-state index is -2.86. The lowest BCUT2D eigenvalue weighted by molar-refractivity contribution is -0.117. The molecule has 1 saturated heterocycles. The van der Waals surface area contributed by atoms with Gasteiger partial charge in [0.1, 0.15) is 34.4 Å². The molecule has 38 heavy (non-hydrogen) atoms. The van der Waals surface area contributed by atoms with Crippen LogP contribution >= 0.6 is 11.6 Å². The maximum Gasteiger partial charge on any atom is 0.387 e. The molecule has 4 rings (SSSR count). The molecule has 0 bridgehead atoms. The summed E-state index contributed by atoms with van der Waals surface area (Å²) in [5.74, 6) is -3.10. The van der Waals surface area contributed by atoms with Crippen molar-refractivity contribution in [2.24, 2.45) is 5.73 Å². The van der Waals surface area contributed by atoms with Gasteiger partial charge in [-0.05, 0) is 36.4 Å². The second-order valence-corrected chi connectivity index (χ2v) is 8.18. The molecule has 1 atom stereocenters. The van der Waals surface area contributed by atoms with Gasteiger partial charge in [0.05, 0.1) is 12.7 Å². The molecule has 0 radical (unpaired) electrons. The molecule has 2 aromatic carbocycles. The summed E-state index contributed by atoms with van der Waals surface area (Å²) in [6.45, 7) is -2.86. The summed E-state index contributed by atoms with van der Waals surface area (Å²) in [6.07, 6.45) is -0.0980. The fourth-order valence-corrected chi connectivity index (χ4v) is 3.84. The standard InChI is InChI=1S/C17H12ClF2N3O2.C8H7F2NO2/c1-25-11-5-12(19)16(13(20)6-11)10-4-15(24)23(8-10)17-9(7-21)2-3-14(18)22-17;9-8(10)13-6-3-1-5(2-4-6)7(11)12/h2-3,5-6,10H,4,8H2,1H3;1-4,8H,(H2,11,12). The summed E-state index contributed by atoms with van der Waals surface area (Å²) in [7, 11) is 1.31. The van der Waals surface area contributed by atoms with Crippen molar-refractivity contribution in [1.82, 2.24) is 4.98 Å². The van der Waals surface area contributed by atoms with Crippen molar-refractivity contribution in [3.63, 3.8) is 0 Å². The van der Waals surface area contributed by atoms with Gasteiger partial charge in [-0.25, -0.2) is 13.8 Å². The Morgan fingerprint density at radius 2 is 1.79 bits per heavy atom. The topological polar surface area (TPSA) is 119 Å².